The van der Waals surface area contributed by atoms with Gasteiger partial charge in [-0.2, -0.15) is 0 Å². The first-order valence-corrected chi connectivity index (χ1v) is 8.94. The summed E-state index contributed by atoms with van der Waals surface area (Å²) in [6.07, 6.45) is 1.09. The van der Waals surface area contributed by atoms with Gasteiger partial charge >= 0.3 is 6.03 Å². The summed E-state index contributed by atoms with van der Waals surface area (Å²) in [5.41, 5.74) is 2.28. The molecule has 0 aromatic heterocycles. The molecule has 0 unspecified atom stereocenters. The van der Waals surface area contributed by atoms with Gasteiger partial charge in [0.15, 0.2) is 0 Å². The SMILES string of the molecule is CS(=O)(=O)Nc1cccc(CNC(=O)NCc2ccccc2)c1. The molecule has 0 aliphatic carbocycles. The lowest BCUT2D eigenvalue weighted by Crippen LogP contribution is -2.34. The van der Waals surface area contributed by atoms with Crippen LogP contribution in [0.25, 0.3) is 0 Å². The minimum atomic E-state index is -3.31. The predicted octanol–water partition coefficient (Wildman–Crippen LogP) is 2.06. The van der Waals surface area contributed by atoms with Gasteiger partial charge in [-0.3, -0.25) is 4.72 Å². The molecule has 3 N–H and O–H groups in total. The van der Waals surface area contributed by atoms with Crippen molar-refractivity contribution in [3.05, 3.63) is 65.7 Å². The van der Waals surface area contributed by atoms with E-state index >= 15 is 0 Å². The molecule has 122 valence electrons. The molecule has 2 rings (SSSR count). The van der Waals surface area contributed by atoms with Crippen LogP contribution < -0.4 is 15.4 Å². The first kappa shape index (κ1) is 16.8. The summed E-state index contributed by atoms with van der Waals surface area (Å²) >= 11 is 0. The average Bonchev–Trinajstić information content (AvgIpc) is 2.51. The number of sulfonamides is 1. The number of amides is 2. The molecule has 0 radical (unpaired) electrons. The third-order valence-electron chi connectivity index (χ3n) is 2.98. The van der Waals surface area contributed by atoms with Gasteiger partial charge in [0.2, 0.25) is 10.0 Å². The molecule has 2 aromatic rings. The van der Waals surface area contributed by atoms with Crippen LogP contribution in [-0.2, 0) is 23.1 Å². The average molecular weight is 333 g/mol. The molecule has 0 bridgehead atoms. The number of hydrogen-bond acceptors (Lipinski definition) is 3. The number of rotatable bonds is 6. The monoisotopic (exact) mass is 333 g/mol. The molecule has 23 heavy (non-hydrogen) atoms. The van der Waals surface area contributed by atoms with Crippen molar-refractivity contribution in [2.45, 2.75) is 13.1 Å². The highest BCUT2D eigenvalue weighted by Gasteiger charge is 2.04. The van der Waals surface area contributed by atoms with Crippen LogP contribution in [0, 0.1) is 0 Å². The van der Waals surface area contributed by atoms with Gasteiger partial charge < -0.3 is 10.6 Å². The zero-order valence-corrected chi connectivity index (χ0v) is 13.6. The van der Waals surface area contributed by atoms with Gasteiger partial charge in [0, 0.05) is 18.8 Å². The second kappa shape index (κ2) is 7.64. The maximum absolute atomic E-state index is 11.8. The Labute approximate surface area is 136 Å². The van der Waals surface area contributed by atoms with E-state index in [0.29, 0.717) is 18.8 Å². The standard InChI is InChI=1S/C16H19N3O3S/c1-23(21,22)19-15-9-5-8-14(10-15)12-18-16(20)17-11-13-6-3-2-4-7-13/h2-10,19H,11-12H2,1H3,(H2,17,18,20). The Bertz CT molecular complexity index is 761. The summed E-state index contributed by atoms with van der Waals surface area (Å²) in [5, 5.41) is 5.49. The van der Waals surface area contributed by atoms with Crippen LogP contribution in [0.15, 0.2) is 54.6 Å². The normalized spacial score (nSPS) is 10.8. The molecule has 0 aliphatic rings. The van der Waals surface area contributed by atoms with Gasteiger partial charge in [0.1, 0.15) is 0 Å². The van der Waals surface area contributed by atoms with E-state index < -0.39 is 10.0 Å². The molecule has 0 fully saturated rings. The van der Waals surface area contributed by atoms with Crippen molar-refractivity contribution in [2.24, 2.45) is 0 Å². The van der Waals surface area contributed by atoms with Gasteiger partial charge in [0.25, 0.3) is 0 Å². The largest absolute Gasteiger partial charge is 0.334 e. The van der Waals surface area contributed by atoms with Crippen LogP contribution in [-0.4, -0.2) is 20.7 Å². The van der Waals surface area contributed by atoms with Crippen LogP contribution in [0.2, 0.25) is 0 Å². The van der Waals surface area contributed by atoms with Crippen LogP contribution in [0.1, 0.15) is 11.1 Å². The maximum atomic E-state index is 11.8. The molecular weight excluding hydrogens is 314 g/mol. The van der Waals surface area contributed by atoms with E-state index in [4.69, 9.17) is 0 Å². The van der Waals surface area contributed by atoms with Crippen molar-refractivity contribution in [1.82, 2.24) is 10.6 Å². The lowest BCUT2D eigenvalue weighted by Gasteiger charge is -2.09. The van der Waals surface area contributed by atoms with Crippen LogP contribution in [0.4, 0.5) is 10.5 Å². The molecule has 2 aromatic carbocycles. The lowest BCUT2D eigenvalue weighted by molar-refractivity contribution is 0.240. The molecule has 0 atom stereocenters. The summed E-state index contributed by atoms with van der Waals surface area (Å²) < 4.78 is 24.8. The zero-order valence-electron chi connectivity index (χ0n) is 12.7. The Kier molecular flexibility index (Phi) is 5.59. The Hall–Kier alpha value is -2.54. The topological polar surface area (TPSA) is 87.3 Å². The fraction of sp³-hybridized carbons (Fsp3) is 0.188. The molecule has 0 spiro atoms. The van der Waals surface area contributed by atoms with Crippen LogP contribution in [0.5, 0.6) is 0 Å². The van der Waals surface area contributed by atoms with Crippen molar-refractivity contribution in [3.63, 3.8) is 0 Å². The number of urea groups is 1. The Morgan fingerprint density at radius 1 is 0.913 bits per heavy atom. The lowest BCUT2D eigenvalue weighted by atomic mass is 10.2. The first-order valence-electron chi connectivity index (χ1n) is 7.05. The van der Waals surface area contributed by atoms with Crippen molar-refractivity contribution in [1.29, 1.82) is 0 Å². The molecule has 2 amide bonds. The number of carbonyl (C=O) groups excluding carboxylic acids is 1. The molecule has 0 heterocycles. The Balaban J connectivity index is 1.83. The minimum absolute atomic E-state index is 0.282. The highest BCUT2D eigenvalue weighted by molar-refractivity contribution is 7.92. The van der Waals surface area contributed by atoms with E-state index in [1.807, 2.05) is 36.4 Å². The number of carbonyl (C=O) groups is 1. The highest BCUT2D eigenvalue weighted by atomic mass is 32.2. The molecule has 7 heteroatoms. The molecule has 0 saturated heterocycles. The highest BCUT2D eigenvalue weighted by Crippen LogP contribution is 2.11. The predicted molar refractivity (Wildman–Crippen MR) is 90.4 cm³/mol. The molecule has 0 saturated carbocycles. The minimum Gasteiger partial charge on any atom is -0.334 e. The van der Waals surface area contributed by atoms with Gasteiger partial charge in [-0.05, 0) is 23.3 Å². The van der Waals surface area contributed by atoms with Gasteiger partial charge in [0.05, 0.1) is 6.26 Å². The third-order valence-corrected chi connectivity index (χ3v) is 3.59. The summed E-state index contributed by atoms with van der Waals surface area (Å²) in [4.78, 5) is 11.8. The van der Waals surface area contributed by atoms with E-state index in [9.17, 15) is 13.2 Å². The van der Waals surface area contributed by atoms with E-state index in [0.717, 1.165) is 17.4 Å². The second-order valence-corrected chi connectivity index (χ2v) is 6.84. The van der Waals surface area contributed by atoms with Crippen LogP contribution >= 0.6 is 0 Å². The first-order chi connectivity index (χ1) is 10.9. The summed E-state index contributed by atoms with van der Waals surface area (Å²) in [6, 6.07) is 16.2. The van der Waals surface area contributed by atoms with E-state index in [1.54, 1.807) is 18.2 Å². The zero-order chi connectivity index (χ0) is 16.7. The molecular formula is C16H19N3O3S. The Morgan fingerprint density at radius 2 is 1.52 bits per heavy atom. The Morgan fingerprint density at radius 3 is 2.17 bits per heavy atom. The fourth-order valence-electron chi connectivity index (χ4n) is 1.98. The van der Waals surface area contributed by atoms with E-state index in [-0.39, 0.29) is 6.03 Å². The quantitative estimate of drug-likeness (QED) is 0.756. The number of anilines is 1. The number of benzene rings is 2. The summed E-state index contributed by atoms with van der Waals surface area (Å²) in [7, 11) is -3.31. The van der Waals surface area contributed by atoms with E-state index in [1.165, 1.54) is 0 Å². The van der Waals surface area contributed by atoms with E-state index in [2.05, 4.69) is 15.4 Å². The molecule has 6 nitrogen and oxygen atoms in total. The summed E-state index contributed by atoms with van der Waals surface area (Å²) in [5.74, 6) is 0. The fourth-order valence-corrected chi connectivity index (χ4v) is 2.54. The van der Waals surface area contributed by atoms with Gasteiger partial charge in [-0.1, -0.05) is 42.5 Å². The van der Waals surface area contributed by atoms with Crippen LogP contribution in [0.3, 0.4) is 0 Å². The summed E-state index contributed by atoms with van der Waals surface area (Å²) in [6.45, 7) is 0.752. The van der Waals surface area contributed by atoms with Crippen molar-refractivity contribution >= 4 is 21.7 Å². The van der Waals surface area contributed by atoms with Crippen molar-refractivity contribution in [2.75, 3.05) is 11.0 Å². The van der Waals surface area contributed by atoms with Gasteiger partial charge in [-0.25, -0.2) is 13.2 Å². The maximum Gasteiger partial charge on any atom is 0.315 e. The smallest absolute Gasteiger partial charge is 0.315 e. The van der Waals surface area contributed by atoms with Gasteiger partial charge in [-0.15, -0.1) is 0 Å². The third kappa shape index (κ3) is 6.39. The van der Waals surface area contributed by atoms with Crippen molar-refractivity contribution < 1.29 is 13.2 Å². The number of hydrogen-bond donors (Lipinski definition) is 3. The second-order valence-electron chi connectivity index (χ2n) is 5.10. The molecule has 0 aliphatic heterocycles. The van der Waals surface area contributed by atoms with Crippen molar-refractivity contribution in [3.8, 4) is 0 Å². The number of nitrogens with one attached hydrogen (secondary N) is 3.